The van der Waals surface area contributed by atoms with Gasteiger partial charge in [-0.1, -0.05) is 28.1 Å². The van der Waals surface area contributed by atoms with E-state index < -0.39 is 11.7 Å². The molecule has 20 heavy (non-hydrogen) atoms. The third kappa shape index (κ3) is 3.73. The number of aliphatic hydroxyl groups is 1. The maximum Gasteiger partial charge on any atom is 0.410 e. The van der Waals surface area contributed by atoms with Crippen molar-refractivity contribution in [3.63, 3.8) is 0 Å². The predicted molar refractivity (Wildman–Crippen MR) is 80.7 cm³/mol. The second kappa shape index (κ2) is 5.74. The Balaban J connectivity index is 2.05. The Morgan fingerprint density at radius 2 is 1.90 bits per heavy atom. The van der Waals surface area contributed by atoms with Gasteiger partial charge < -0.3 is 14.7 Å². The first-order chi connectivity index (χ1) is 9.26. The van der Waals surface area contributed by atoms with Crippen LogP contribution in [0.2, 0.25) is 0 Å². The van der Waals surface area contributed by atoms with Crippen molar-refractivity contribution in [1.82, 2.24) is 4.90 Å². The molecule has 1 amide bonds. The fourth-order valence-corrected chi connectivity index (χ4v) is 2.56. The number of amides is 1. The van der Waals surface area contributed by atoms with E-state index in [0.29, 0.717) is 13.1 Å². The quantitative estimate of drug-likeness (QED) is 0.853. The van der Waals surface area contributed by atoms with Crippen molar-refractivity contribution < 1.29 is 14.6 Å². The first-order valence-corrected chi connectivity index (χ1v) is 7.47. The Hall–Kier alpha value is -1.07. The molecular weight excluding hydrogens is 322 g/mol. The molecule has 1 heterocycles. The highest BCUT2D eigenvalue weighted by Crippen LogP contribution is 2.29. The van der Waals surface area contributed by atoms with Crippen molar-refractivity contribution >= 4 is 22.0 Å². The normalized spacial score (nSPS) is 22.9. The Morgan fingerprint density at radius 3 is 2.45 bits per heavy atom. The van der Waals surface area contributed by atoms with Crippen LogP contribution >= 0.6 is 15.9 Å². The average molecular weight is 342 g/mol. The summed E-state index contributed by atoms with van der Waals surface area (Å²) < 4.78 is 6.34. The van der Waals surface area contributed by atoms with Crippen molar-refractivity contribution in [2.75, 3.05) is 13.1 Å². The molecule has 1 aromatic rings. The molecule has 0 radical (unpaired) electrons. The van der Waals surface area contributed by atoms with Crippen LogP contribution in [0.4, 0.5) is 4.79 Å². The summed E-state index contributed by atoms with van der Waals surface area (Å²) in [5.74, 6) is -0.0596. The van der Waals surface area contributed by atoms with Crippen LogP contribution in [-0.4, -0.2) is 40.9 Å². The van der Waals surface area contributed by atoms with E-state index in [-0.39, 0.29) is 12.0 Å². The Morgan fingerprint density at radius 1 is 1.30 bits per heavy atom. The van der Waals surface area contributed by atoms with Crippen molar-refractivity contribution in [3.8, 4) is 0 Å². The van der Waals surface area contributed by atoms with Crippen LogP contribution in [0.15, 0.2) is 28.7 Å². The maximum absolute atomic E-state index is 12.0. The topological polar surface area (TPSA) is 49.8 Å². The molecule has 0 unspecified atom stereocenters. The van der Waals surface area contributed by atoms with Crippen LogP contribution in [0.5, 0.6) is 0 Å². The minimum atomic E-state index is -0.552. The zero-order chi connectivity index (χ0) is 14.9. The van der Waals surface area contributed by atoms with Gasteiger partial charge in [-0.3, -0.25) is 0 Å². The summed E-state index contributed by atoms with van der Waals surface area (Å²) in [5.41, 5.74) is 0.518. The van der Waals surface area contributed by atoms with Crippen LogP contribution in [0.3, 0.4) is 0 Å². The molecule has 0 bridgehead atoms. The Kier molecular flexibility index (Phi) is 4.39. The van der Waals surface area contributed by atoms with Crippen LogP contribution in [-0.2, 0) is 4.74 Å². The molecule has 5 heteroatoms. The monoisotopic (exact) mass is 341 g/mol. The van der Waals surface area contributed by atoms with Crippen molar-refractivity contribution in [2.45, 2.75) is 38.4 Å². The summed E-state index contributed by atoms with van der Waals surface area (Å²) in [7, 11) is 0. The number of carbonyl (C=O) groups excluding carboxylic acids is 1. The number of hydrogen-bond acceptors (Lipinski definition) is 3. The number of carbonyl (C=O) groups is 1. The number of hydrogen-bond donors (Lipinski definition) is 1. The number of halogens is 1. The van der Waals surface area contributed by atoms with Gasteiger partial charge in [-0.25, -0.2) is 4.79 Å². The van der Waals surface area contributed by atoms with Gasteiger partial charge in [0.25, 0.3) is 0 Å². The summed E-state index contributed by atoms with van der Waals surface area (Å²) in [4.78, 5) is 13.6. The van der Waals surface area contributed by atoms with E-state index in [9.17, 15) is 9.90 Å². The highest BCUT2D eigenvalue weighted by atomic mass is 79.9. The van der Waals surface area contributed by atoms with Crippen LogP contribution in [0.1, 0.15) is 32.3 Å². The molecule has 4 nitrogen and oxygen atoms in total. The van der Waals surface area contributed by atoms with E-state index in [1.54, 1.807) is 4.90 Å². The smallest absolute Gasteiger partial charge is 0.410 e. The molecule has 1 aliphatic heterocycles. The van der Waals surface area contributed by atoms with Gasteiger partial charge in [0.1, 0.15) is 5.60 Å². The molecule has 0 saturated carbocycles. The summed E-state index contributed by atoms with van der Waals surface area (Å²) in [6.07, 6.45) is -0.917. The first-order valence-electron chi connectivity index (χ1n) is 6.68. The first kappa shape index (κ1) is 15.3. The Bertz CT molecular complexity index is 481. The second-order valence-corrected chi connectivity index (χ2v) is 7.03. The lowest BCUT2D eigenvalue weighted by Crippen LogP contribution is -2.35. The standard InChI is InChI=1S/C15H20BrNO3/c1-15(2,3)20-14(19)17-8-12(13(18)9-17)10-4-6-11(16)7-5-10/h4-7,12-13,18H,8-9H2,1-3H3/t12-,13+/m0/s1. The molecular formula is C15H20BrNO3. The van der Waals surface area contributed by atoms with Crippen LogP contribution in [0.25, 0.3) is 0 Å². The van der Waals surface area contributed by atoms with Crippen molar-refractivity contribution in [1.29, 1.82) is 0 Å². The number of aliphatic hydroxyl groups excluding tert-OH is 1. The summed E-state index contributed by atoms with van der Waals surface area (Å²) in [5, 5.41) is 10.2. The molecule has 0 aromatic heterocycles. The molecule has 1 fully saturated rings. The third-order valence-corrected chi connectivity index (χ3v) is 3.77. The predicted octanol–water partition coefficient (Wildman–Crippen LogP) is 3.14. The third-order valence-electron chi connectivity index (χ3n) is 3.24. The van der Waals surface area contributed by atoms with Gasteiger partial charge in [-0.15, -0.1) is 0 Å². The van der Waals surface area contributed by atoms with Gasteiger partial charge in [0.2, 0.25) is 0 Å². The fourth-order valence-electron chi connectivity index (χ4n) is 2.30. The van der Waals surface area contributed by atoms with Gasteiger partial charge in [0.15, 0.2) is 0 Å². The number of nitrogens with zero attached hydrogens (tertiary/aromatic N) is 1. The molecule has 110 valence electrons. The number of ether oxygens (including phenoxy) is 1. The lowest BCUT2D eigenvalue weighted by molar-refractivity contribution is 0.0270. The lowest BCUT2D eigenvalue weighted by atomic mass is 9.96. The van der Waals surface area contributed by atoms with Crippen LogP contribution < -0.4 is 0 Å². The molecule has 0 spiro atoms. The van der Waals surface area contributed by atoms with Gasteiger partial charge in [0.05, 0.1) is 12.6 Å². The van der Waals surface area contributed by atoms with E-state index >= 15 is 0 Å². The maximum atomic E-state index is 12.0. The van der Waals surface area contributed by atoms with Crippen molar-refractivity contribution in [2.24, 2.45) is 0 Å². The van der Waals surface area contributed by atoms with E-state index in [1.807, 2.05) is 45.0 Å². The number of β-amino-alcohol motifs (C(OH)–C–C–N with tert-alkyl or cyclic N) is 1. The zero-order valence-corrected chi connectivity index (χ0v) is 13.6. The molecule has 2 atom stereocenters. The number of benzene rings is 1. The molecule has 1 aromatic carbocycles. The minimum Gasteiger partial charge on any atom is -0.444 e. The molecule has 1 aliphatic rings. The van der Waals surface area contributed by atoms with E-state index in [1.165, 1.54) is 0 Å². The average Bonchev–Trinajstić information content (AvgIpc) is 2.70. The SMILES string of the molecule is CC(C)(C)OC(=O)N1C[C@@H](O)[C@H](c2ccc(Br)cc2)C1. The Labute approximate surface area is 127 Å². The molecule has 2 rings (SSSR count). The van der Waals surface area contributed by atoms with E-state index in [2.05, 4.69) is 15.9 Å². The fraction of sp³-hybridized carbons (Fsp3) is 0.533. The largest absolute Gasteiger partial charge is 0.444 e. The van der Waals surface area contributed by atoms with E-state index in [4.69, 9.17) is 4.74 Å². The number of likely N-dealkylation sites (tertiary alicyclic amines) is 1. The van der Waals surface area contributed by atoms with E-state index in [0.717, 1.165) is 10.0 Å². The summed E-state index contributed by atoms with van der Waals surface area (Å²) in [6.45, 7) is 6.31. The van der Waals surface area contributed by atoms with Gasteiger partial charge >= 0.3 is 6.09 Å². The lowest BCUT2D eigenvalue weighted by Gasteiger charge is -2.24. The van der Waals surface area contributed by atoms with Crippen molar-refractivity contribution in [3.05, 3.63) is 34.3 Å². The summed E-state index contributed by atoms with van der Waals surface area (Å²) >= 11 is 3.39. The molecule has 0 aliphatic carbocycles. The minimum absolute atomic E-state index is 0.0596. The highest BCUT2D eigenvalue weighted by Gasteiger charge is 2.36. The van der Waals surface area contributed by atoms with Gasteiger partial charge in [-0.2, -0.15) is 0 Å². The highest BCUT2D eigenvalue weighted by molar-refractivity contribution is 9.10. The van der Waals surface area contributed by atoms with Crippen LogP contribution in [0, 0.1) is 0 Å². The molecule has 1 N–H and O–H groups in total. The zero-order valence-electron chi connectivity index (χ0n) is 12.0. The second-order valence-electron chi connectivity index (χ2n) is 6.11. The molecule has 1 saturated heterocycles. The number of rotatable bonds is 1. The van der Waals surface area contributed by atoms with Gasteiger partial charge in [-0.05, 0) is 38.5 Å². The van der Waals surface area contributed by atoms with Gasteiger partial charge in [0, 0.05) is 16.9 Å². The summed E-state index contributed by atoms with van der Waals surface area (Å²) in [6, 6.07) is 7.82.